The van der Waals surface area contributed by atoms with Gasteiger partial charge >= 0.3 is 0 Å². The first-order valence-electron chi connectivity index (χ1n) is 5.47. The highest BCUT2D eigenvalue weighted by Gasteiger charge is 2.18. The zero-order valence-corrected chi connectivity index (χ0v) is 10.8. The van der Waals surface area contributed by atoms with Crippen molar-refractivity contribution in [2.24, 2.45) is 7.05 Å². The summed E-state index contributed by atoms with van der Waals surface area (Å²) in [4.78, 5) is 0.270. The molecule has 6 heteroatoms. The SMILES string of the molecule is CCCCCNS(=O)(=O)c1cnn(C)c1C. The van der Waals surface area contributed by atoms with E-state index in [0.717, 1.165) is 19.3 Å². The highest BCUT2D eigenvalue weighted by molar-refractivity contribution is 7.89. The lowest BCUT2D eigenvalue weighted by Gasteiger charge is -2.05. The van der Waals surface area contributed by atoms with Gasteiger partial charge in [0.1, 0.15) is 4.90 Å². The lowest BCUT2D eigenvalue weighted by molar-refractivity contribution is 0.575. The molecule has 0 amide bonds. The molecule has 0 aliphatic heterocycles. The fourth-order valence-corrected chi connectivity index (χ4v) is 2.68. The molecule has 0 aliphatic rings. The van der Waals surface area contributed by atoms with Gasteiger partial charge in [0, 0.05) is 13.6 Å². The molecule has 0 fully saturated rings. The van der Waals surface area contributed by atoms with E-state index in [1.807, 2.05) is 0 Å². The highest BCUT2D eigenvalue weighted by atomic mass is 32.2. The standard InChI is InChI=1S/C10H19N3O2S/c1-4-5-6-7-12-16(14,15)10-8-11-13(3)9(10)2/h8,12H,4-7H2,1-3H3. The van der Waals surface area contributed by atoms with Crippen molar-refractivity contribution in [3.63, 3.8) is 0 Å². The zero-order chi connectivity index (χ0) is 12.2. The van der Waals surface area contributed by atoms with E-state index in [9.17, 15) is 8.42 Å². The highest BCUT2D eigenvalue weighted by Crippen LogP contribution is 2.12. The number of aromatic nitrogens is 2. The van der Waals surface area contributed by atoms with Gasteiger partial charge in [-0.3, -0.25) is 4.68 Å². The molecule has 5 nitrogen and oxygen atoms in total. The Hall–Kier alpha value is -0.880. The molecule has 0 aliphatic carbocycles. The second kappa shape index (κ2) is 5.45. The fraction of sp³-hybridized carbons (Fsp3) is 0.700. The molecule has 1 rings (SSSR count). The van der Waals surface area contributed by atoms with E-state index in [1.165, 1.54) is 6.20 Å². The Morgan fingerprint density at radius 2 is 2.12 bits per heavy atom. The first-order chi connectivity index (χ1) is 7.49. The summed E-state index contributed by atoms with van der Waals surface area (Å²) in [6.07, 6.45) is 4.37. The number of hydrogen-bond acceptors (Lipinski definition) is 3. The molecule has 1 aromatic rings. The molecule has 0 radical (unpaired) electrons. The van der Waals surface area contributed by atoms with Gasteiger partial charge in [-0.1, -0.05) is 19.8 Å². The predicted molar refractivity (Wildman–Crippen MR) is 62.7 cm³/mol. The van der Waals surface area contributed by atoms with Gasteiger partial charge in [-0.25, -0.2) is 13.1 Å². The van der Waals surface area contributed by atoms with Crippen molar-refractivity contribution in [2.45, 2.75) is 38.0 Å². The minimum absolute atomic E-state index is 0.270. The van der Waals surface area contributed by atoms with E-state index in [4.69, 9.17) is 0 Å². The van der Waals surface area contributed by atoms with E-state index in [0.29, 0.717) is 12.2 Å². The summed E-state index contributed by atoms with van der Waals surface area (Å²) in [7, 11) is -1.66. The van der Waals surface area contributed by atoms with Crippen LogP contribution in [0.3, 0.4) is 0 Å². The summed E-state index contributed by atoms with van der Waals surface area (Å²) in [5.41, 5.74) is 0.656. The lowest BCUT2D eigenvalue weighted by Crippen LogP contribution is -2.25. The smallest absolute Gasteiger partial charge is 0.243 e. The number of nitrogens with one attached hydrogen (secondary N) is 1. The number of rotatable bonds is 6. The third-order valence-electron chi connectivity index (χ3n) is 2.55. The van der Waals surface area contributed by atoms with Crippen molar-refractivity contribution in [3.8, 4) is 0 Å². The van der Waals surface area contributed by atoms with Crippen LogP contribution in [0.25, 0.3) is 0 Å². The number of nitrogens with zero attached hydrogens (tertiary/aromatic N) is 2. The second-order valence-corrected chi connectivity index (χ2v) is 5.56. The molecule has 0 saturated heterocycles. The molecule has 1 aromatic heterocycles. The van der Waals surface area contributed by atoms with Crippen molar-refractivity contribution >= 4 is 10.0 Å². The molecule has 92 valence electrons. The van der Waals surface area contributed by atoms with Crippen LogP contribution in [0.5, 0.6) is 0 Å². The monoisotopic (exact) mass is 245 g/mol. The number of unbranched alkanes of at least 4 members (excludes halogenated alkanes) is 2. The van der Waals surface area contributed by atoms with Gasteiger partial charge in [-0.15, -0.1) is 0 Å². The molecule has 16 heavy (non-hydrogen) atoms. The van der Waals surface area contributed by atoms with Gasteiger partial charge in [-0.05, 0) is 13.3 Å². The quantitative estimate of drug-likeness (QED) is 0.766. The summed E-state index contributed by atoms with van der Waals surface area (Å²) in [6, 6.07) is 0. The maximum Gasteiger partial charge on any atom is 0.243 e. The Morgan fingerprint density at radius 1 is 1.44 bits per heavy atom. The summed E-state index contributed by atoms with van der Waals surface area (Å²) < 4.78 is 27.9. The van der Waals surface area contributed by atoms with E-state index in [2.05, 4.69) is 16.7 Å². The molecule has 0 aromatic carbocycles. The molecule has 0 atom stereocenters. The van der Waals surface area contributed by atoms with Crippen LogP contribution in [-0.4, -0.2) is 24.7 Å². The van der Waals surface area contributed by atoms with Crippen LogP contribution in [0.4, 0.5) is 0 Å². The van der Waals surface area contributed by atoms with Crippen LogP contribution in [0.1, 0.15) is 31.9 Å². The van der Waals surface area contributed by atoms with Crippen molar-refractivity contribution in [2.75, 3.05) is 6.54 Å². The Labute approximate surface area is 96.9 Å². The predicted octanol–water partition coefficient (Wildman–Crippen LogP) is 1.20. The van der Waals surface area contributed by atoms with E-state index in [1.54, 1.807) is 18.7 Å². The van der Waals surface area contributed by atoms with Crippen LogP contribution in [-0.2, 0) is 17.1 Å². The molecule has 1 N–H and O–H groups in total. The van der Waals surface area contributed by atoms with E-state index in [-0.39, 0.29) is 4.90 Å². The van der Waals surface area contributed by atoms with Crippen LogP contribution >= 0.6 is 0 Å². The first kappa shape index (κ1) is 13.2. The van der Waals surface area contributed by atoms with Crippen molar-refractivity contribution in [3.05, 3.63) is 11.9 Å². The molecule has 0 bridgehead atoms. The third-order valence-corrected chi connectivity index (χ3v) is 4.12. The Morgan fingerprint density at radius 3 is 2.62 bits per heavy atom. The minimum atomic E-state index is -3.38. The van der Waals surface area contributed by atoms with Gasteiger partial charge in [0.25, 0.3) is 0 Å². The maximum atomic E-state index is 11.9. The number of aryl methyl sites for hydroxylation is 1. The fourth-order valence-electron chi connectivity index (χ4n) is 1.40. The summed E-state index contributed by atoms with van der Waals surface area (Å²) in [6.45, 7) is 4.32. The second-order valence-electron chi connectivity index (χ2n) is 3.82. The van der Waals surface area contributed by atoms with E-state index >= 15 is 0 Å². The summed E-state index contributed by atoms with van der Waals surface area (Å²) >= 11 is 0. The van der Waals surface area contributed by atoms with Crippen LogP contribution in [0, 0.1) is 6.92 Å². The van der Waals surface area contributed by atoms with Crippen LogP contribution in [0.2, 0.25) is 0 Å². The average Bonchev–Trinajstić information content (AvgIpc) is 2.55. The van der Waals surface area contributed by atoms with Crippen LogP contribution in [0.15, 0.2) is 11.1 Å². The molecule has 0 saturated carbocycles. The Balaban J connectivity index is 2.68. The van der Waals surface area contributed by atoms with Gasteiger partial charge in [0.15, 0.2) is 0 Å². The van der Waals surface area contributed by atoms with Gasteiger partial charge < -0.3 is 0 Å². The molecule has 0 unspecified atom stereocenters. The average molecular weight is 245 g/mol. The topological polar surface area (TPSA) is 64.0 Å². The van der Waals surface area contributed by atoms with Crippen molar-refractivity contribution in [1.82, 2.24) is 14.5 Å². The molecule has 1 heterocycles. The number of sulfonamides is 1. The molecule has 0 spiro atoms. The van der Waals surface area contributed by atoms with Crippen LogP contribution < -0.4 is 4.72 Å². The molecular weight excluding hydrogens is 226 g/mol. The van der Waals surface area contributed by atoms with Crippen molar-refractivity contribution in [1.29, 1.82) is 0 Å². The van der Waals surface area contributed by atoms with Gasteiger partial charge in [0.2, 0.25) is 10.0 Å². The maximum absolute atomic E-state index is 11.9. The normalized spacial score (nSPS) is 11.9. The zero-order valence-electron chi connectivity index (χ0n) is 10.0. The lowest BCUT2D eigenvalue weighted by atomic mass is 10.3. The molecular formula is C10H19N3O2S. The van der Waals surface area contributed by atoms with Crippen molar-refractivity contribution < 1.29 is 8.42 Å². The summed E-state index contributed by atoms with van der Waals surface area (Å²) in [5, 5.41) is 3.92. The summed E-state index contributed by atoms with van der Waals surface area (Å²) in [5.74, 6) is 0. The number of hydrogen-bond donors (Lipinski definition) is 1. The van der Waals surface area contributed by atoms with Gasteiger partial charge in [0.05, 0.1) is 11.9 Å². The van der Waals surface area contributed by atoms with E-state index < -0.39 is 10.0 Å². The third kappa shape index (κ3) is 3.05. The Bertz CT molecular complexity index is 437. The largest absolute Gasteiger partial charge is 0.272 e. The first-order valence-corrected chi connectivity index (χ1v) is 6.95. The minimum Gasteiger partial charge on any atom is -0.272 e. The van der Waals surface area contributed by atoms with Gasteiger partial charge in [-0.2, -0.15) is 5.10 Å². The Kier molecular flexibility index (Phi) is 4.49.